The van der Waals surface area contributed by atoms with Crippen LogP contribution in [0.3, 0.4) is 0 Å². The molecule has 4 rings (SSSR count). The number of likely N-dealkylation sites (tertiary alicyclic amines) is 2. The van der Waals surface area contributed by atoms with Crippen molar-refractivity contribution >= 4 is 11.8 Å². The third kappa shape index (κ3) is 4.66. The Morgan fingerprint density at radius 3 is 2.53 bits per heavy atom. The number of ether oxygens (including phenoxy) is 1. The first-order chi connectivity index (χ1) is 15.5. The van der Waals surface area contributed by atoms with Crippen molar-refractivity contribution in [2.45, 2.75) is 70.4 Å². The van der Waals surface area contributed by atoms with Gasteiger partial charge in [0.2, 0.25) is 5.91 Å². The number of benzene rings is 1. The molecule has 2 aliphatic rings. The standard InChI is InChI=1S/C25H34N4O3/c1-17-6-4-7-18(2)29(17)25(31)22-16-26-27-24(22)20-10-12-28(13-11-20)23(30)15-19-8-5-9-21(14-19)32-3/h5,8-9,14,16-18,20H,4,6-7,10-13,15H2,1-3H3,(H,26,27). The van der Waals surface area contributed by atoms with Gasteiger partial charge in [-0.3, -0.25) is 14.7 Å². The van der Waals surface area contributed by atoms with Gasteiger partial charge in [-0.25, -0.2) is 0 Å². The Morgan fingerprint density at radius 2 is 1.84 bits per heavy atom. The summed E-state index contributed by atoms with van der Waals surface area (Å²) in [5, 5.41) is 7.33. The third-order valence-corrected chi connectivity index (χ3v) is 7.07. The number of nitrogens with zero attached hydrogens (tertiary/aromatic N) is 3. The Labute approximate surface area is 190 Å². The lowest BCUT2D eigenvalue weighted by Gasteiger charge is -2.39. The van der Waals surface area contributed by atoms with E-state index in [1.54, 1.807) is 13.3 Å². The molecule has 0 bridgehead atoms. The molecule has 0 spiro atoms. The fraction of sp³-hybridized carbons (Fsp3) is 0.560. The molecule has 2 aliphatic heterocycles. The summed E-state index contributed by atoms with van der Waals surface area (Å²) in [6, 6.07) is 8.17. The monoisotopic (exact) mass is 438 g/mol. The molecule has 1 aromatic heterocycles. The smallest absolute Gasteiger partial charge is 0.257 e. The van der Waals surface area contributed by atoms with Gasteiger partial charge in [0.05, 0.1) is 31.0 Å². The molecule has 7 nitrogen and oxygen atoms in total. The predicted octanol–water partition coefficient (Wildman–Crippen LogP) is 3.77. The Hall–Kier alpha value is -2.83. The normalized spacial score (nSPS) is 22.1. The molecule has 3 heterocycles. The van der Waals surface area contributed by atoms with Crippen LogP contribution in [0.4, 0.5) is 0 Å². The molecule has 1 N–H and O–H groups in total. The van der Waals surface area contributed by atoms with Crippen LogP contribution in [0.25, 0.3) is 0 Å². The molecule has 1 aromatic carbocycles. The van der Waals surface area contributed by atoms with Gasteiger partial charge >= 0.3 is 0 Å². The highest BCUT2D eigenvalue weighted by atomic mass is 16.5. The van der Waals surface area contributed by atoms with Crippen LogP contribution < -0.4 is 4.74 Å². The van der Waals surface area contributed by atoms with Gasteiger partial charge in [-0.15, -0.1) is 0 Å². The van der Waals surface area contributed by atoms with Crippen molar-refractivity contribution in [3.8, 4) is 5.75 Å². The van der Waals surface area contributed by atoms with Crippen LogP contribution >= 0.6 is 0 Å². The molecule has 2 saturated heterocycles. The molecule has 32 heavy (non-hydrogen) atoms. The van der Waals surface area contributed by atoms with Crippen LogP contribution in [-0.4, -0.2) is 64.1 Å². The van der Waals surface area contributed by atoms with E-state index in [9.17, 15) is 9.59 Å². The minimum atomic E-state index is 0.0879. The number of hydrogen-bond acceptors (Lipinski definition) is 4. The summed E-state index contributed by atoms with van der Waals surface area (Å²) in [4.78, 5) is 30.1. The van der Waals surface area contributed by atoms with Crippen molar-refractivity contribution in [1.29, 1.82) is 0 Å². The van der Waals surface area contributed by atoms with Gasteiger partial charge in [0.25, 0.3) is 5.91 Å². The van der Waals surface area contributed by atoms with Crippen molar-refractivity contribution in [3.05, 3.63) is 47.3 Å². The lowest BCUT2D eigenvalue weighted by molar-refractivity contribution is -0.131. The maximum absolute atomic E-state index is 13.4. The van der Waals surface area contributed by atoms with Crippen molar-refractivity contribution in [3.63, 3.8) is 0 Å². The fourth-order valence-electron chi connectivity index (χ4n) is 5.22. The average molecular weight is 439 g/mol. The predicted molar refractivity (Wildman–Crippen MR) is 123 cm³/mol. The van der Waals surface area contributed by atoms with E-state index in [0.717, 1.165) is 42.7 Å². The Bertz CT molecular complexity index is 938. The van der Waals surface area contributed by atoms with Crippen molar-refractivity contribution in [1.82, 2.24) is 20.0 Å². The maximum Gasteiger partial charge on any atom is 0.257 e. The SMILES string of the molecule is COc1cccc(CC(=O)N2CCC(c3[nH]ncc3C(=O)N3C(C)CCCC3C)CC2)c1. The van der Waals surface area contributed by atoms with Gasteiger partial charge in [-0.05, 0) is 63.6 Å². The molecule has 2 atom stereocenters. The van der Waals surface area contributed by atoms with E-state index >= 15 is 0 Å². The zero-order valence-electron chi connectivity index (χ0n) is 19.3. The number of amides is 2. The van der Waals surface area contributed by atoms with Gasteiger partial charge in [-0.1, -0.05) is 12.1 Å². The topological polar surface area (TPSA) is 78.5 Å². The molecule has 7 heteroatoms. The number of carbonyl (C=O) groups is 2. The number of piperidine rings is 2. The van der Waals surface area contributed by atoms with Gasteiger partial charge in [0.1, 0.15) is 5.75 Å². The first-order valence-electron chi connectivity index (χ1n) is 11.7. The summed E-state index contributed by atoms with van der Waals surface area (Å²) in [5.41, 5.74) is 2.59. The lowest BCUT2D eigenvalue weighted by Crippen LogP contribution is -2.47. The second kappa shape index (κ2) is 9.76. The van der Waals surface area contributed by atoms with E-state index in [1.807, 2.05) is 34.1 Å². The molecule has 2 amide bonds. The zero-order valence-corrected chi connectivity index (χ0v) is 19.3. The van der Waals surface area contributed by atoms with Gasteiger partial charge in [0.15, 0.2) is 0 Å². The summed E-state index contributed by atoms with van der Waals surface area (Å²) >= 11 is 0. The second-order valence-corrected chi connectivity index (χ2v) is 9.22. The summed E-state index contributed by atoms with van der Waals surface area (Å²) in [5.74, 6) is 1.20. The quantitative estimate of drug-likeness (QED) is 0.771. The molecular formula is C25H34N4O3. The van der Waals surface area contributed by atoms with E-state index in [4.69, 9.17) is 4.74 Å². The van der Waals surface area contributed by atoms with Crippen molar-refractivity contribution in [2.24, 2.45) is 0 Å². The summed E-state index contributed by atoms with van der Waals surface area (Å²) in [7, 11) is 1.63. The highest BCUT2D eigenvalue weighted by molar-refractivity contribution is 5.95. The van der Waals surface area contributed by atoms with Crippen molar-refractivity contribution in [2.75, 3.05) is 20.2 Å². The molecule has 2 unspecified atom stereocenters. The van der Waals surface area contributed by atoms with E-state index in [0.29, 0.717) is 25.1 Å². The molecule has 0 saturated carbocycles. The minimum absolute atomic E-state index is 0.0879. The highest BCUT2D eigenvalue weighted by Crippen LogP contribution is 2.32. The number of carbonyl (C=O) groups excluding carboxylic acids is 2. The maximum atomic E-state index is 13.4. The molecule has 2 fully saturated rings. The number of methoxy groups -OCH3 is 1. The summed E-state index contributed by atoms with van der Waals surface area (Å²) < 4.78 is 5.26. The fourth-order valence-corrected chi connectivity index (χ4v) is 5.22. The summed E-state index contributed by atoms with van der Waals surface area (Å²) in [6.45, 7) is 5.66. The molecule has 0 aliphatic carbocycles. The first-order valence-corrected chi connectivity index (χ1v) is 11.7. The van der Waals surface area contributed by atoms with Crippen LogP contribution in [0.2, 0.25) is 0 Å². The molecule has 2 aromatic rings. The van der Waals surface area contributed by atoms with Crippen molar-refractivity contribution < 1.29 is 14.3 Å². The van der Waals surface area contributed by atoms with Crippen LogP contribution in [0.15, 0.2) is 30.5 Å². The number of rotatable bonds is 5. The van der Waals surface area contributed by atoms with Crippen LogP contribution in [0.5, 0.6) is 5.75 Å². The second-order valence-electron chi connectivity index (χ2n) is 9.22. The Kier molecular flexibility index (Phi) is 6.82. The van der Waals surface area contributed by atoms with E-state index in [-0.39, 0.29) is 29.8 Å². The minimum Gasteiger partial charge on any atom is -0.497 e. The third-order valence-electron chi connectivity index (χ3n) is 7.07. The first kappa shape index (κ1) is 22.4. The Balaban J connectivity index is 1.38. The van der Waals surface area contributed by atoms with Crippen LogP contribution in [0, 0.1) is 0 Å². The zero-order chi connectivity index (χ0) is 22.7. The van der Waals surface area contributed by atoms with E-state index < -0.39 is 0 Å². The van der Waals surface area contributed by atoms with E-state index in [2.05, 4.69) is 24.0 Å². The highest BCUT2D eigenvalue weighted by Gasteiger charge is 2.34. The van der Waals surface area contributed by atoms with Gasteiger partial charge in [0, 0.05) is 31.1 Å². The van der Waals surface area contributed by atoms with Crippen LogP contribution in [-0.2, 0) is 11.2 Å². The van der Waals surface area contributed by atoms with Gasteiger partial charge in [-0.2, -0.15) is 5.10 Å². The lowest BCUT2D eigenvalue weighted by atomic mass is 9.90. The number of aromatic amines is 1. The number of hydrogen-bond donors (Lipinski definition) is 1. The number of aromatic nitrogens is 2. The largest absolute Gasteiger partial charge is 0.497 e. The van der Waals surface area contributed by atoms with E-state index in [1.165, 1.54) is 6.42 Å². The molecular weight excluding hydrogens is 404 g/mol. The molecule has 0 radical (unpaired) electrons. The summed E-state index contributed by atoms with van der Waals surface area (Å²) in [6.07, 6.45) is 7.00. The average Bonchev–Trinajstić information content (AvgIpc) is 3.29. The van der Waals surface area contributed by atoms with Gasteiger partial charge < -0.3 is 14.5 Å². The number of H-pyrrole nitrogens is 1. The Morgan fingerprint density at radius 1 is 1.12 bits per heavy atom. The van der Waals surface area contributed by atoms with Crippen LogP contribution in [0.1, 0.15) is 73.5 Å². The number of nitrogens with one attached hydrogen (secondary N) is 1. The molecule has 172 valence electrons.